The number of fused-ring (bicyclic) bond motifs is 3. The van der Waals surface area contributed by atoms with E-state index in [0.29, 0.717) is 30.9 Å². The largest absolute Gasteiger partial charge is 0.492 e. The topological polar surface area (TPSA) is 74.4 Å². The normalized spacial score (nSPS) is 19.2. The number of ether oxygens (including phenoxy) is 2. The van der Waals surface area contributed by atoms with Gasteiger partial charge in [-0.3, -0.25) is 4.98 Å². The maximum Gasteiger partial charge on any atom is 0.236 e. The number of nitrogens with zero attached hydrogens (tertiary/aromatic N) is 5. The van der Waals surface area contributed by atoms with Crippen molar-refractivity contribution in [3.8, 4) is 23.0 Å². The first-order valence-corrected chi connectivity index (χ1v) is 11.4. The molecule has 0 N–H and O–H groups in total. The molecule has 2 bridgehead atoms. The molecule has 0 spiro atoms. The van der Waals surface area contributed by atoms with E-state index in [2.05, 4.69) is 15.2 Å². The first-order valence-electron chi connectivity index (χ1n) is 11.4. The van der Waals surface area contributed by atoms with Crippen LogP contribution >= 0.6 is 0 Å². The van der Waals surface area contributed by atoms with Gasteiger partial charge in [0.15, 0.2) is 11.5 Å². The van der Waals surface area contributed by atoms with Crippen LogP contribution in [0.4, 0.5) is 0 Å². The summed E-state index contributed by atoms with van der Waals surface area (Å²) < 4.78 is 14.0. The minimum absolute atomic E-state index is 0.307. The molecule has 4 aromatic rings. The van der Waals surface area contributed by atoms with Crippen molar-refractivity contribution in [2.24, 2.45) is 0 Å². The zero-order chi connectivity index (χ0) is 21.5. The number of hydrogen-bond acceptors (Lipinski definition) is 6. The standard InChI is InChI=1S/C25H25N5O2/c1-2-31-20-9-6-14-26-19(20)15-32-25-22-17-12-10-16(11-13-17)21(22)24-28-27-23(30(24)29-25)18-7-4-3-5-8-18/h3-9,14,16-17H,2,10-13,15H2,1H3. The SMILES string of the molecule is CCOc1cccnc1COc1nn2c(-c3ccccc3)nnc2c2c1C1CCC2CC1. The minimum atomic E-state index is 0.307. The Bertz CT molecular complexity index is 1260. The monoisotopic (exact) mass is 427 g/mol. The minimum Gasteiger partial charge on any atom is -0.492 e. The maximum absolute atomic E-state index is 6.37. The van der Waals surface area contributed by atoms with E-state index in [1.807, 2.05) is 53.9 Å². The summed E-state index contributed by atoms with van der Waals surface area (Å²) in [5, 5.41) is 14.0. The number of aromatic nitrogens is 5. The molecule has 7 nitrogen and oxygen atoms in total. The summed E-state index contributed by atoms with van der Waals surface area (Å²) in [7, 11) is 0. The van der Waals surface area contributed by atoms with E-state index in [9.17, 15) is 0 Å². The molecule has 3 heterocycles. The summed E-state index contributed by atoms with van der Waals surface area (Å²) in [5.41, 5.74) is 5.13. The molecule has 3 aliphatic carbocycles. The molecular weight excluding hydrogens is 402 g/mol. The molecule has 1 fully saturated rings. The smallest absolute Gasteiger partial charge is 0.236 e. The van der Waals surface area contributed by atoms with Gasteiger partial charge < -0.3 is 9.47 Å². The highest BCUT2D eigenvalue weighted by Gasteiger charge is 2.39. The molecule has 1 aromatic carbocycles. The van der Waals surface area contributed by atoms with Crippen LogP contribution in [0, 0.1) is 0 Å². The Kier molecular flexibility index (Phi) is 4.74. The van der Waals surface area contributed by atoms with Crippen molar-refractivity contribution in [2.45, 2.75) is 51.0 Å². The first kappa shape index (κ1) is 19.2. The average Bonchev–Trinajstić information content (AvgIpc) is 3.29. The summed E-state index contributed by atoms with van der Waals surface area (Å²) in [4.78, 5) is 4.48. The van der Waals surface area contributed by atoms with Gasteiger partial charge in [-0.15, -0.1) is 15.3 Å². The highest BCUT2D eigenvalue weighted by atomic mass is 16.5. The quantitative estimate of drug-likeness (QED) is 0.435. The van der Waals surface area contributed by atoms with Crippen LogP contribution in [0.5, 0.6) is 11.6 Å². The molecule has 1 saturated carbocycles. The van der Waals surface area contributed by atoms with Gasteiger partial charge in [-0.25, -0.2) is 0 Å². The third-order valence-electron chi connectivity index (χ3n) is 6.66. The van der Waals surface area contributed by atoms with E-state index in [1.165, 1.54) is 36.8 Å². The fourth-order valence-corrected chi connectivity index (χ4v) is 5.22. The van der Waals surface area contributed by atoms with E-state index in [4.69, 9.17) is 14.6 Å². The van der Waals surface area contributed by atoms with Crippen LogP contribution in [0.25, 0.3) is 17.0 Å². The lowest BCUT2D eigenvalue weighted by atomic mass is 9.67. The lowest BCUT2D eigenvalue weighted by molar-refractivity contribution is 0.255. The van der Waals surface area contributed by atoms with Crippen LogP contribution in [0.3, 0.4) is 0 Å². The molecular formula is C25H25N5O2. The highest BCUT2D eigenvalue weighted by molar-refractivity contribution is 5.65. The van der Waals surface area contributed by atoms with E-state index < -0.39 is 0 Å². The van der Waals surface area contributed by atoms with Crippen molar-refractivity contribution < 1.29 is 9.47 Å². The predicted octanol–water partition coefficient (Wildman–Crippen LogP) is 4.92. The zero-order valence-electron chi connectivity index (χ0n) is 18.1. The van der Waals surface area contributed by atoms with Gasteiger partial charge in [-0.05, 0) is 56.6 Å². The molecule has 7 heteroatoms. The molecule has 0 unspecified atom stereocenters. The summed E-state index contributed by atoms with van der Waals surface area (Å²) >= 11 is 0. The van der Waals surface area contributed by atoms with Crippen molar-refractivity contribution in [1.82, 2.24) is 24.8 Å². The molecule has 0 radical (unpaired) electrons. The van der Waals surface area contributed by atoms with Crippen LogP contribution in [0.15, 0.2) is 48.7 Å². The number of rotatable bonds is 6. The molecule has 0 aliphatic heterocycles. The molecule has 0 atom stereocenters. The van der Waals surface area contributed by atoms with Gasteiger partial charge in [0.05, 0.1) is 6.61 Å². The Labute approximate surface area is 186 Å². The maximum atomic E-state index is 6.37. The lowest BCUT2D eigenvalue weighted by Gasteiger charge is -2.38. The number of benzene rings is 1. The van der Waals surface area contributed by atoms with E-state index in [1.54, 1.807) is 6.20 Å². The van der Waals surface area contributed by atoms with Gasteiger partial charge in [0.25, 0.3) is 0 Å². The van der Waals surface area contributed by atoms with Crippen molar-refractivity contribution in [1.29, 1.82) is 0 Å². The Morgan fingerprint density at radius 1 is 0.906 bits per heavy atom. The van der Waals surface area contributed by atoms with Gasteiger partial charge >= 0.3 is 0 Å². The molecule has 32 heavy (non-hydrogen) atoms. The van der Waals surface area contributed by atoms with Crippen molar-refractivity contribution in [3.63, 3.8) is 0 Å². The molecule has 0 saturated heterocycles. The van der Waals surface area contributed by atoms with E-state index in [-0.39, 0.29) is 0 Å². The van der Waals surface area contributed by atoms with Crippen LogP contribution in [0.1, 0.15) is 61.3 Å². The highest BCUT2D eigenvalue weighted by Crippen LogP contribution is 2.53. The second-order valence-electron chi connectivity index (χ2n) is 8.48. The third-order valence-corrected chi connectivity index (χ3v) is 6.66. The second-order valence-corrected chi connectivity index (χ2v) is 8.48. The molecule has 162 valence electrons. The number of hydrogen-bond donors (Lipinski definition) is 0. The van der Waals surface area contributed by atoms with Crippen molar-refractivity contribution in [3.05, 3.63) is 65.5 Å². The molecule has 3 aliphatic rings. The Morgan fingerprint density at radius 2 is 1.69 bits per heavy atom. The lowest BCUT2D eigenvalue weighted by Crippen LogP contribution is -2.25. The van der Waals surface area contributed by atoms with Gasteiger partial charge in [-0.2, -0.15) is 4.52 Å². The predicted molar refractivity (Wildman–Crippen MR) is 120 cm³/mol. The van der Waals surface area contributed by atoms with Gasteiger partial charge in [0.1, 0.15) is 18.1 Å². The van der Waals surface area contributed by atoms with Crippen molar-refractivity contribution >= 4 is 5.65 Å². The third kappa shape index (κ3) is 3.11. The molecule has 7 rings (SSSR count). The Morgan fingerprint density at radius 3 is 2.47 bits per heavy atom. The van der Waals surface area contributed by atoms with Gasteiger partial charge in [-0.1, -0.05) is 30.3 Å². The fraction of sp³-hybridized carbons (Fsp3) is 0.360. The van der Waals surface area contributed by atoms with Crippen molar-refractivity contribution in [2.75, 3.05) is 6.61 Å². The summed E-state index contributed by atoms with van der Waals surface area (Å²) in [6, 6.07) is 13.9. The molecule has 3 aromatic heterocycles. The summed E-state index contributed by atoms with van der Waals surface area (Å²) in [5.74, 6) is 3.12. The number of pyridine rings is 1. The van der Waals surface area contributed by atoms with Crippen LogP contribution in [-0.2, 0) is 6.61 Å². The van der Waals surface area contributed by atoms with Crippen LogP contribution in [-0.4, -0.2) is 31.4 Å². The van der Waals surface area contributed by atoms with Crippen LogP contribution < -0.4 is 9.47 Å². The van der Waals surface area contributed by atoms with E-state index >= 15 is 0 Å². The molecule has 0 amide bonds. The average molecular weight is 428 g/mol. The van der Waals surface area contributed by atoms with Gasteiger partial charge in [0.2, 0.25) is 5.88 Å². The van der Waals surface area contributed by atoms with E-state index in [0.717, 1.165) is 28.5 Å². The van der Waals surface area contributed by atoms with Gasteiger partial charge in [0, 0.05) is 22.9 Å². The Hall–Kier alpha value is -3.48. The summed E-state index contributed by atoms with van der Waals surface area (Å²) in [6.07, 6.45) is 6.51. The Balaban J connectivity index is 1.47. The summed E-state index contributed by atoms with van der Waals surface area (Å²) in [6.45, 7) is 2.86. The van der Waals surface area contributed by atoms with Crippen LogP contribution in [0.2, 0.25) is 0 Å². The zero-order valence-corrected chi connectivity index (χ0v) is 18.1. The first-order chi connectivity index (χ1) is 15.8. The second kappa shape index (κ2) is 7.89. The fourth-order valence-electron chi connectivity index (χ4n) is 5.22.